The van der Waals surface area contributed by atoms with Crippen molar-refractivity contribution < 1.29 is 54.8 Å². The predicted octanol–water partition coefficient (Wildman–Crippen LogP) is 6.47. The molecule has 0 aliphatic rings. The van der Waals surface area contributed by atoms with Gasteiger partial charge in [-0.05, 0) is 82.6 Å². The summed E-state index contributed by atoms with van der Waals surface area (Å²) >= 11 is 0. The zero-order valence-electron chi connectivity index (χ0n) is 36.0. The second kappa shape index (κ2) is 23.0. The molecule has 0 fully saturated rings. The van der Waals surface area contributed by atoms with Crippen LogP contribution in [0.1, 0.15) is 49.9 Å². The molecule has 0 saturated heterocycles. The second-order valence-electron chi connectivity index (χ2n) is 14.4. The Morgan fingerprint density at radius 3 is 0.767 bits per heavy atom. The fourth-order valence-corrected chi connectivity index (χ4v) is 10.3. The van der Waals surface area contributed by atoms with Crippen molar-refractivity contribution in [2.45, 2.75) is 64.4 Å². The summed E-state index contributed by atoms with van der Waals surface area (Å²) in [5, 5.41) is -2.59. The highest BCUT2D eigenvalue weighted by molar-refractivity contribution is 7.90. The van der Waals surface area contributed by atoms with Gasteiger partial charge >= 0.3 is 11.9 Å². The van der Waals surface area contributed by atoms with Crippen molar-refractivity contribution in [3.05, 3.63) is 119 Å². The standard InChI is InChI=1S/2C22H29NO6S/c2*1-16(2)21(22(24)29-5)30(25,26)23(14-17-6-10-19(27-3)11-7-17)15-18-8-12-20(28-4)13-9-18/h2*6-13,16,21H,14-15H2,1-5H3/t2*21-/m10/s1. The first-order chi connectivity index (χ1) is 28.4. The van der Waals surface area contributed by atoms with E-state index in [-0.39, 0.29) is 26.2 Å². The number of methoxy groups -OCH3 is 6. The molecule has 4 aromatic rings. The maximum absolute atomic E-state index is 13.5. The van der Waals surface area contributed by atoms with E-state index in [9.17, 15) is 26.4 Å². The normalized spacial score (nSPS) is 12.6. The Bertz CT molecular complexity index is 1900. The van der Waals surface area contributed by atoms with Crippen LogP contribution in [0.3, 0.4) is 0 Å². The maximum atomic E-state index is 13.5. The third-order valence-electron chi connectivity index (χ3n) is 9.51. The largest absolute Gasteiger partial charge is 0.497 e. The summed E-state index contributed by atoms with van der Waals surface area (Å²) in [6.07, 6.45) is 0. The van der Waals surface area contributed by atoms with Gasteiger partial charge in [0.15, 0.2) is 10.5 Å². The van der Waals surface area contributed by atoms with Gasteiger partial charge in [-0.15, -0.1) is 0 Å². The number of nitrogens with zero attached hydrogens (tertiary/aromatic N) is 2. The molecule has 16 heteroatoms. The molecule has 2 atom stereocenters. The van der Waals surface area contributed by atoms with E-state index >= 15 is 0 Å². The minimum Gasteiger partial charge on any atom is -0.497 e. The number of carbonyl (C=O) groups is 2. The first-order valence-corrected chi connectivity index (χ1v) is 22.1. The topological polar surface area (TPSA) is 164 Å². The lowest BCUT2D eigenvalue weighted by Crippen LogP contribution is -2.45. The van der Waals surface area contributed by atoms with E-state index < -0.39 is 54.3 Å². The molecular weight excluding hydrogens is 813 g/mol. The Morgan fingerprint density at radius 1 is 0.417 bits per heavy atom. The molecule has 0 aromatic heterocycles. The molecular formula is C44H58N2O12S2. The fourth-order valence-electron chi connectivity index (χ4n) is 6.24. The van der Waals surface area contributed by atoms with Crippen LogP contribution >= 0.6 is 0 Å². The van der Waals surface area contributed by atoms with Crippen LogP contribution in [0, 0.1) is 11.8 Å². The lowest BCUT2D eigenvalue weighted by molar-refractivity contribution is -0.142. The average Bonchev–Trinajstić information content (AvgIpc) is 3.23. The minimum atomic E-state index is -4.01. The van der Waals surface area contributed by atoms with Gasteiger partial charge in [0, 0.05) is 26.2 Å². The van der Waals surface area contributed by atoms with Crippen molar-refractivity contribution in [3.63, 3.8) is 0 Å². The van der Waals surface area contributed by atoms with Gasteiger partial charge in [0.05, 0.1) is 42.7 Å². The Labute approximate surface area is 355 Å². The monoisotopic (exact) mass is 870 g/mol. The minimum absolute atomic E-state index is 0.110. The summed E-state index contributed by atoms with van der Waals surface area (Å²) in [5.41, 5.74) is 3.11. The number of hydrogen-bond acceptors (Lipinski definition) is 12. The summed E-state index contributed by atoms with van der Waals surface area (Å²) < 4.78 is 86.9. The van der Waals surface area contributed by atoms with Gasteiger partial charge in [0.2, 0.25) is 20.0 Å². The molecule has 0 N–H and O–H groups in total. The highest BCUT2D eigenvalue weighted by atomic mass is 32.2. The number of ether oxygens (including phenoxy) is 6. The Hall–Kier alpha value is -5.16. The molecule has 0 amide bonds. The van der Waals surface area contributed by atoms with Crippen LogP contribution in [-0.4, -0.2) is 90.5 Å². The molecule has 14 nitrogen and oxygen atoms in total. The van der Waals surface area contributed by atoms with Crippen molar-refractivity contribution in [1.82, 2.24) is 8.61 Å². The molecule has 4 aromatic carbocycles. The molecule has 0 heterocycles. The van der Waals surface area contributed by atoms with E-state index in [1.54, 1.807) is 153 Å². The van der Waals surface area contributed by atoms with Crippen LogP contribution in [0.5, 0.6) is 23.0 Å². The van der Waals surface area contributed by atoms with E-state index in [1.807, 2.05) is 0 Å². The first kappa shape index (κ1) is 49.2. The van der Waals surface area contributed by atoms with Gasteiger partial charge in [0.1, 0.15) is 23.0 Å². The molecule has 0 spiro atoms. The summed E-state index contributed by atoms with van der Waals surface area (Å²) in [6.45, 7) is 7.21. The van der Waals surface area contributed by atoms with Crippen LogP contribution in [0.2, 0.25) is 0 Å². The first-order valence-electron chi connectivity index (χ1n) is 19.1. The summed E-state index contributed by atoms with van der Waals surface area (Å²) in [4.78, 5) is 24.6. The molecule has 0 aliphatic heterocycles. The zero-order chi connectivity index (χ0) is 44.6. The summed E-state index contributed by atoms with van der Waals surface area (Å²) in [5.74, 6) is 0.291. The van der Waals surface area contributed by atoms with Crippen molar-refractivity contribution in [2.75, 3.05) is 42.7 Å². The van der Waals surface area contributed by atoms with Crippen LogP contribution in [-0.2, 0) is 65.3 Å². The number of hydrogen-bond donors (Lipinski definition) is 0. The maximum Gasteiger partial charge on any atom is 0.325 e. The highest BCUT2D eigenvalue weighted by Gasteiger charge is 2.42. The van der Waals surface area contributed by atoms with Crippen molar-refractivity contribution in [2.24, 2.45) is 11.8 Å². The molecule has 0 bridgehead atoms. The van der Waals surface area contributed by atoms with Crippen molar-refractivity contribution >= 4 is 32.0 Å². The van der Waals surface area contributed by atoms with Gasteiger partial charge in [-0.25, -0.2) is 16.8 Å². The summed E-state index contributed by atoms with van der Waals surface area (Å²) in [6, 6.07) is 28.6. The van der Waals surface area contributed by atoms with Gasteiger partial charge in [-0.2, -0.15) is 8.61 Å². The smallest absolute Gasteiger partial charge is 0.325 e. The number of sulfonamides is 2. The number of esters is 2. The molecule has 60 heavy (non-hydrogen) atoms. The Morgan fingerprint density at radius 2 is 0.617 bits per heavy atom. The van der Waals surface area contributed by atoms with Crippen LogP contribution in [0.15, 0.2) is 97.1 Å². The molecule has 0 aliphatic carbocycles. The second-order valence-corrected chi connectivity index (χ2v) is 18.5. The lowest BCUT2D eigenvalue weighted by atomic mass is 10.1. The van der Waals surface area contributed by atoms with E-state index in [0.29, 0.717) is 23.0 Å². The average molecular weight is 871 g/mol. The lowest BCUT2D eigenvalue weighted by Gasteiger charge is -2.28. The third-order valence-corrected chi connectivity index (χ3v) is 14.2. The van der Waals surface area contributed by atoms with Crippen molar-refractivity contribution in [3.8, 4) is 23.0 Å². The van der Waals surface area contributed by atoms with Crippen LogP contribution in [0.25, 0.3) is 0 Å². The van der Waals surface area contributed by atoms with Gasteiger partial charge in [-0.3, -0.25) is 9.59 Å². The van der Waals surface area contributed by atoms with Crippen molar-refractivity contribution in [1.29, 1.82) is 0 Å². The molecule has 328 valence electrons. The van der Waals surface area contributed by atoms with Crippen LogP contribution in [0.4, 0.5) is 0 Å². The fraction of sp³-hybridized carbons (Fsp3) is 0.409. The molecule has 4 rings (SSSR count). The Kier molecular flexibility index (Phi) is 18.9. The molecule has 0 radical (unpaired) electrons. The predicted molar refractivity (Wildman–Crippen MR) is 230 cm³/mol. The van der Waals surface area contributed by atoms with E-state index in [4.69, 9.17) is 28.4 Å². The molecule has 0 saturated carbocycles. The van der Waals surface area contributed by atoms with Gasteiger partial charge in [-0.1, -0.05) is 76.2 Å². The zero-order valence-corrected chi connectivity index (χ0v) is 37.6. The SMILES string of the molecule is COC(=O)[C@@H](C(C)C)S(=O)(=O)N(Cc1ccc(OC)cc1)Cc1ccc(OC)cc1.COC(=O)[C@H](C(C)C)S(=O)(=O)N(Cc1ccc(OC)cc1)Cc1ccc(OC)cc1. The van der Waals surface area contributed by atoms with Gasteiger partial charge < -0.3 is 28.4 Å². The number of benzene rings is 4. The Balaban J connectivity index is 0.000000320. The summed E-state index contributed by atoms with van der Waals surface area (Å²) in [7, 11) is 0.661. The van der Waals surface area contributed by atoms with E-state index in [0.717, 1.165) is 22.3 Å². The highest BCUT2D eigenvalue weighted by Crippen LogP contribution is 2.27. The third kappa shape index (κ3) is 13.4. The number of carbonyl (C=O) groups excluding carboxylic acids is 2. The van der Waals surface area contributed by atoms with Gasteiger partial charge in [0.25, 0.3) is 0 Å². The quantitative estimate of drug-likeness (QED) is 0.0892. The van der Waals surface area contributed by atoms with Crippen LogP contribution < -0.4 is 18.9 Å². The molecule has 0 unspecified atom stereocenters. The van der Waals surface area contributed by atoms with E-state index in [1.165, 1.54) is 22.8 Å². The number of rotatable bonds is 20. The van der Waals surface area contributed by atoms with E-state index in [2.05, 4.69) is 0 Å².